The molecule has 5 aromatic rings. The molecular formula is C34H26O8. The molecule has 0 spiro atoms. The van der Waals surface area contributed by atoms with Crippen LogP contribution in [0.1, 0.15) is 27.7 Å². The van der Waals surface area contributed by atoms with Crippen LogP contribution in [0.2, 0.25) is 0 Å². The van der Waals surface area contributed by atoms with E-state index in [1.165, 1.54) is 27.7 Å². The standard InChI is InChI=1S/C34H26O8/c1-19(35)39-25-9-5-23(6-10-25)33-29-15-13-27(41-21(3)37)17-31(29)32-18-28(42-22(4)38)14-16-30(32)34(33)24-7-11-26(12-8-24)40-20(2)36/h5-18H,1-4H3. The van der Waals surface area contributed by atoms with Crippen LogP contribution >= 0.6 is 0 Å². The molecule has 5 aromatic carbocycles. The monoisotopic (exact) mass is 562 g/mol. The van der Waals surface area contributed by atoms with Gasteiger partial charge in [0.1, 0.15) is 23.0 Å². The maximum Gasteiger partial charge on any atom is 0.308 e. The average molecular weight is 563 g/mol. The van der Waals surface area contributed by atoms with E-state index in [1.54, 1.807) is 48.5 Å². The normalized spacial score (nSPS) is 10.8. The van der Waals surface area contributed by atoms with Gasteiger partial charge in [0.25, 0.3) is 0 Å². The van der Waals surface area contributed by atoms with Crippen LogP contribution in [0.3, 0.4) is 0 Å². The summed E-state index contributed by atoms with van der Waals surface area (Å²) in [6.45, 7) is 5.35. The van der Waals surface area contributed by atoms with Crippen LogP contribution in [-0.4, -0.2) is 23.9 Å². The third-order valence-corrected chi connectivity index (χ3v) is 6.39. The molecule has 210 valence electrons. The molecule has 0 radical (unpaired) electrons. The van der Waals surface area contributed by atoms with Gasteiger partial charge in [0.05, 0.1) is 0 Å². The number of ether oxygens (including phenoxy) is 4. The molecule has 0 bridgehead atoms. The zero-order valence-corrected chi connectivity index (χ0v) is 23.3. The summed E-state index contributed by atoms with van der Waals surface area (Å²) in [5.74, 6) is -0.204. The van der Waals surface area contributed by atoms with Crippen molar-refractivity contribution in [3.05, 3.63) is 84.9 Å². The van der Waals surface area contributed by atoms with Crippen LogP contribution in [0.25, 0.3) is 43.8 Å². The van der Waals surface area contributed by atoms with Gasteiger partial charge in [-0.2, -0.15) is 0 Å². The van der Waals surface area contributed by atoms with E-state index in [2.05, 4.69) is 0 Å². The number of hydrogen-bond donors (Lipinski definition) is 0. The fourth-order valence-electron chi connectivity index (χ4n) is 4.97. The van der Waals surface area contributed by atoms with Crippen molar-refractivity contribution in [1.29, 1.82) is 0 Å². The van der Waals surface area contributed by atoms with E-state index in [1.807, 2.05) is 36.4 Å². The van der Waals surface area contributed by atoms with E-state index in [0.29, 0.717) is 23.0 Å². The molecule has 5 rings (SSSR count). The largest absolute Gasteiger partial charge is 0.427 e. The van der Waals surface area contributed by atoms with Gasteiger partial charge in [-0.05, 0) is 92.3 Å². The first-order valence-corrected chi connectivity index (χ1v) is 13.1. The third-order valence-electron chi connectivity index (χ3n) is 6.39. The first-order chi connectivity index (χ1) is 20.1. The summed E-state index contributed by atoms with van der Waals surface area (Å²) in [6.07, 6.45) is 0. The maximum absolute atomic E-state index is 11.8. The van der Waals surface area contributed by atoms with E-state index in [-0.39, 0.29) is 0 Å². The lowest BCUT2D eigenvalue weighted by atomic mass is 9.85. The Morgan fingerprint density at radius 3 is 0.976 bits per heavy atom. The molecule has 0 unspecified atom stereocenters. The molecule has 0 aliphatic rings. The molecule has 0 saturated carbocycles. The van der Waals surface area contributed by atoms with Crippen molar-refractivity contribution in [2.75, 3.05) is 0 Å². The van der Waals surface area contributed by atoms with Gasteiger partial charge in [-0.1, -0.05) is 36.4 Å². The van der Waals surface area contributed by atoms with Crippen molar-refractivity contribution in [2.45, 2.75) is 27.7 Å². The topological polar surface area (TPSA) is 105 Å². The van der Waals surface area contributed by atoms with Gasteiger partial charge >= 0.3 is 23.9 Å². The highest BCUT2D eigenvalue weighted by Crippen LogP contribution is 2.46. The Morgan fingerprint density at radius 2 is 0.667 bits per heavy atom. The number of carbonyl (C=O) groups excluding carboxylic acids is 4. The van der Waals surface area contributed by atoms with Crippen molar-refractivity contribution >= 4 is 45.4 Å². The smallest absolute Gasteiger partial charge is 0.308 e. The fourth-order valence-corrected chi connectivity index (χ4v) is 4.97. The minimum atomic E-state index is -0.454. The van der Waals surface area contributed by atoms with Crippen LogP contribution in [0.4, 0.5) is 0 Å². The molecule has 0 saturated heterocycles. The second-order valence-electron chi connectivity index (χ2n) is 9.59. The Bertz CT molecular complexity index is 1730. The van der Waals surface area contributed by atoms with Gasteiger partial charge in [0, 0.05) is 27.7 Å². The summed E-state index contributed by atoms with van der Waals surface area (Å²) in [4.78, 5) is 46.6. The molecule has 0 atom stereocenters. The summed E-state index contributed by atoms with van der Waals surface area (Å²) >= 11 is 0. The zero-order valence-electron chi connectivity index (χ0n) is 23.3. The van der Waals surface area contributed by atoms with Crippen LogP contribution in [0.15, 0.2) is 84.9 Å². The van der Waals surface area contributed by atoms with Crippen molar-refractivity contribution in [1.82, 2.24) is 0 Å². The maximum atomic E-state index is 11.8. The highest BCUT2D eigenvalue weighted by Gasteiger charge is 2.20. The first kappa shape index (κ1) is 28.0. The molecule has 0 N–H and O–H groups in total. The molecule has 0 fully saturated rings. The number of hydrogen-bond acceptors (Lipinski definition) is 8. The van der Waals surface area contributed by atoms with Crippen LogP contribution in [0, 0.1) is 0 Å². The van der Waals surface area contributed by atoms with Crippen molar-refractivity contribution < 1.29 is 38.1 Å². The van der Waals surface area contributed by atoms with E-state index >= 15 is 0 Å². The lowest BCUT2D eigenvalue weighted by molar-refractivity contribution is -0.132. The molecule has 8 nitrogen and oxygen atoms in total. The molecule has 0 aliphatic carbocycles. The Kier molecular flexibility index (Phi) is 7.71. The minimum absolute atomic E-state index is 0.365. The minimum Gasteiger partial charge on any atom is -0.427 e. The molecule has 0 aromatic heterocycles. The summed E-state index contributed by atoms with van der Waals surface area (Å²) in [6, 6.07) is 25.1. The Morgan fingerprint density at radius 1 is 0.381 bits per heavy atom. The van der Waals surface area contributed by atoms with E-state index in [9.17, 15) is 19.2 Å². The quantitative estimate of drug-likeness (QED) is 0.123. The van der Waals surface area contributed by atoms with Crippen molar-refractivity contribution in [2.24, 2.45) is 0 Å². The number of benzene rings is 5. The fraction of sp³-hybridized carbons (Fsp3) is 0.118. The summed E-state index contributed by atoms with van der Waals surface area (Å²) in [5.41, 5.74) is 3.39. The van der Waals surface area contributed by atoms with E-state index in [4.69, 9.17) is 18.9 Å². The van der Waals surface area contributed by atoms with Gasteiger partial charge in [0.15, 0.2) is 0 Å². The van der Waals surface area contributed by atoms with Gasteiger partial charge in [-0.25, -0.2) is 0 Å². The van der Waals surface area contributed by atoms with Crippen LogP contribution < -0.4 is 18.9 Å². The number of fused-ring (bicyclic) bond motifs is 3. The second-order valence-corrected chi connectivity index (χ2v) is 9.59. The van der Waals surface area contributed by atoms with E-state index < -0.39 is 23.9 Å². The third kappa shape index (κ3) is 5.97. The first-order valence-electron chi connectivity index (χ1n) is 13.1. The van der Waals surface area contributed by atoms with Crippen LogP contribution in [0.5, 0.6) is 23.0 Å². The highest BCUT2D eigenvalue weighted by molar-refractivity contribution is 6.22. The van der Waals surface area contributed by atoms with Crippen molar-refractivity contribution in [3.8, 4) is 45.3 Å². The van der Waals surface area contributed by atoms with Crippen LogP contribution in [-0.2, 0) is 19.2 Å². The van der Waals surface area contributed by atoms with Gasteiger partial charge < -0.3 is 18.9 Å². The number of carbonyl (C=O) groups is 4. The van der Waals surface area contributed by atoms with Gasteiger partial charge in [-0.3, -0.25) is 19.2 Å². The van der Waals surface area contributed by atoms with Gasteiger partial charge in [0.2, 0.25) is 0 Å². The zero-order chi connectivity index (χ0) is 30.0. The summed E-state index contributed by atoms with van der Waals surface area (Å²) in [7, 11) is 0. The Labute approximate surface area is 241 Å². The molecule has 0 heterocycles. The SMILES string of the molecule is CC(=O)Oc1ccc(-c2c(-c3ccc(OC(C)=O)cc3)c3ccc(OC(C)=O)cc3c3cc(OC(C)=O)ccc23)cc1. The summed E-state index contributed by atoms with van der Waals surface area (Å²) in [5, 5.41) is 3.18. The highest BCUT2D eigenvalue weighted by atomic mass is 16.5. The van der Waals surface area contributed by atoms with Gasteiger partial charge in [-0.15, -0.1) is 0 Å². The molecule has 42 heavy (non-hydrogen) atoms. The Hall–Kier alpha value is -5.50. The van der Waals surface area contributed by atoms with E-state index in [0.717, 1.165) is 43.8 Å². The van der Waals surface area contributed by atoms with Crippen molar-refractivity contribution in [3.63, 3.8) is 0 Å². The number of rotatable bonds is 6. The summed E-state index contributed by atoms with van der Waals surface area (Å²) < 4.78 is 21.3. The molecular weight excluding hydrogens is 536 g/mol. The lowest BCUT2D eigenvalue weighted by Crippen LogP contribution is -2.02. The second kappa shape index (κ2) is 11.5. The molecule has 8 heteroatoms. The predicted molar refractivity (Wildman–Crippen MR) is 158 cm³/mol. The Balaban J connectivity index is 1.86. The molecule has 0 amide bonds. The average Bonchev–Trinajstić information content (AvgIpc) is 2.92. The predicted octanol–water partition coefficient (Wildman–Crippen LogP) is 7.03. The molecule has 0 aliphatic heterocycles. The lowest BCUT2D eigenvalue weighted by Gasteiger charge is -2.20. The number of esters is 4.